The first-order valence-corrected chi connectivity index (χ1v) is 6.76. The van der Waals surface area contributed by atoms with Gasteiger partial charge in [0.05, 0.1) is 27.2 Å². The lowest BCUT2D eigenvalue weighted by Crippen LogP contribution is -2.28. The van der Waals surface area contributed by atoms with Crippen LogP contribution >= 0.6 is 7.60 Å². The maximum atomic E-state index is 11.3. The monoisotopic (exact) mass is 262 g/mol. The number of ether oxygens (including phenoxy) is 1. The summed E-state index contributed by atoms with van der Waals surface area (Å²) in [6.45, 7) is 0. The third-order valence-electron chi connectivity index (χ3n) is 2.72. The van der Waals surface area contributed by atoms with Crippen LogP contribution in [0.5, 0.6) is 0 Å². The van der Waals surface area contributed by atoms with E-state index in [-0.39, 0.29) is 11.7 Å². The fourth-order valence-electron chi connectivity index (χ4n) is 1.94. The average molecular weight is 262 g/mol. The van der Waals surface area contributed by atoms with E-state index in [0.717, 1.165) is 12.9 Å². The molecular formula is C9H16BO6P. The standard InChI is InChI=1S/C9H16BO6P/c1-14-9-7(10)5-6(8(9)11)3-4-17(12,13)16-15-2/h3-4,6-9,11H,5H2,1-2H3,(H,12,13)/b4-3+. The Hall–Kier alpha value is -0.165. The van der Waals surface area contributed by atoms with Crippen molar-refractivity contribution in [1.29, 1.82) is 0 Å². The Morgan fingerprint density at radius 3 is 2.59 bits per heavy atom. The molecule has 1 aliphatic rings. The Kier molecular flexibility index (Phi) is 5.37. The number of hydrogen-bond donors (Lipinski definition) is 2. The molecule has 5 atom stereocenters. The van der Waals surface area contributed by atoms with E-state index in [9.17, 15) is 14.6 Å². The van der Waals surface area contributed by atoms with Gasteiger partial charge in [-0.3, -0.25) is 4.57 Å². The van der Waals surface area contributed by atoms with Crippen molar-refractivity contribution in [3.63, 3.8) is 0 Å². The molecule has 1 saturated carbocycles. The number of methoxy groups -OCH3 is 1. The van der Waals surface area contributed by atoms with Gasteiger partial charge in [0.1, 0.15) is 0 Å². The molecule has 2 radical (unpaired) electrons. The Morgan fingerprint density at radius 2 is 2.12 bits per heavy atom. The summed E-state index contributed by atoms with van der Waals surface area (Å²) in [4.78, 5) is 13.4. The van der Waals surface area contributed by atoms with Crippen LogP contribution in [0.2, 0.25) is 5.82 Å². The van der Waals surface area contributed by atoms with E-state index >= 15 is 0 Å². The van der Waals surface area contributed by atoms with Crippen molar-refractivity contribution in [2.45, 2.75) is 24.4 Å². The molecule has 5 unspecified atom stereocenters. The van der Waals surface area contributed by atoms with Crippen LogP contribution in [-0.4, -0.2) is 44.3 Å². The molecule has 0 bridgehead atoms. The summed E-state index contributed by atoms with van der Waals surface area (Å²) < 4.78 is 20.5. The van der Waals surface area contributed by atoms with Crippen molar-refractivity contribution in [1.82, 2.24) is 0 Å². The van der Waals surface area contributed by atoms with Gasteiger partial charge in [0.15, 0.2) is 0 Å². The molecule has 1 rings (SSSR count). The molecule has 6 nitrogen and oxygen atoms in total. The lowest BCUT2D eigenvalue weighted by Gasteiger charge is -2.18. The molecule has 0 heterocycles. The van der Waals surface area contributed by atoms with Crippen LogP contribution in [0.25, 0.3) is 0 Å². The SMILES string of the molecule is [B]C1CC(/C=C/P(=O)(O)OOC)C(O)C1OC. The lowest BCUT2D eigenvalue weighted by atomic mass is 9.83. The zero-order valence-electron chi connectivity index (χ0n) is 9.72. The number of aliphatic hydroxyl groups excluding tert-OH is 1. The molecule has 0 amide bonds. The zero-order valence-corrected chi connectivity index (χ0v) is 10.6. The second-order valence-electron chi connectivity index (χ2n) is 3.90. The molecule has 0 aliphatic heterocycles. The minimum absolute atomic E-state index is 0.300. The van der Waals surface area contributed by atoms with Crippen LogP contribution in [0, 0.1) is 5.92 Å². The summed E-state index contributed by atoms with van der Waals surface area (Å²) in [5, 5.41) is 9.85. The molecule has 0 spiro atoms. The second-order valence-corrected chi connectivity index (χ2v) is 5.48. The van der Waals surface area contributed by atoms with Crippen LogP contribution in [-0.2, 0) is 18.9 Å². The smallest absolute Gasteiger partial charge is 0.378 e. The van der Waals surface area contributed by atoms with Crippen molar-refractivity contribution in [2.24, 2.45) is 5.92 Å². The summed E-state index contributed by atoms with van der Waals surface area (Å²) >= 11 is 0. The summed E-state index contributed by atoms with van der Waals surface area (Å²) in [6.07, 6.45) is 0.617. The zero-order chi connectivity index (χ0) is 13.1. The number of rotatable bonds is 5. The molecule has 2 N–H and O–H groups in total. The van der Waals surface area contributed by atoms with Gasteiger partial charge in [0.2, 0.25) is 0 Å². The molecule has 96 valence electrons. The predicted molar refractivity (Wildman–Crippen MR) is 61.5 cm³/mol. The Morgan fingerprint density at radius 1 is 1.47 bits per heavy atom. The fraction of sp³-hybridized carbons (Fsp3) is 0.778. The molecule has 1 fully saturated rings. The molecular weight excluding hydrogens is 246 g/mol. The van der Waals surface area contributed by atoms with Gasteiger partial charge in [-0.25, -0.2) is 4.89 Å². The molecule has 0 aromatic carbocycles. The van der Waals surface area contributed by atoms with E-state index < -0.39 is 19.8 Å². The first kappa shape index (κ1) is 14.9. The van der Waals surface area contributed by atoms with Gasteiger partial charge in [0, 0.05) is 18.8 Å². The summed E-state index contributed by atoms with van der Waals surface area (Å²) in [5.41, 5.74) is 0. The van der Waals surface area contributed by atoms with Crippen molar-refractivity contribution >= 4 is 15.4 Å². The predicted octanol–water partition coefficient (Wildman–Crippen LogP) is 0.616. The van der Waals surface area contributed by atoms with Gasteiger partial charge in [-0.05, 0) is 12.2 Å². The second kappa shape index (κ2) is 6.13. The molecule has 1 aliphatic carbocycles. The van der Waals surface area contributed by atoms with Crippen LogP contribution in [0.4, 0.5) is 0 Å². The van der Waals surface area contributed by atoms with Gasteiger partial charge in [0.25, 0.3) is 0 Å². The topological polar surface area (TPSA) is 85.2 Å². The Labute approximate surface area is 101 Å². The minimum atomic E-state index is -3.91. The first-order valence-electron chi connectivity index (χ1n) is 5.12. The van der Waals surface area contributed by atoms with Crippen molar-refractivity contribution in [2.75, 3.05) is 14.2 Å². The fourth-order valence-corrected chi connectivity index (χ4v) is 2.64. The molecule has 0 aromatic heterocycles. The summed E-state index contributed by atoms with van der Waals surface area (Å²) in [6, 6.07) is 0. The highest BCUT2D eigenvalue weighted by atomic mass is 31.2. The van der Waals surface area contributed by atoms with Crippen molar-refractivity contribution in [3.05, 3.63) is 11.9 Å². The summed E-state index contributed by atoms with van der Waals surface area (Å²) in [7, 11) is 4.45. The van der Waals surface area contributed by atoms with Crippen molar-refractivity contribution in [3.8, 4) is 0 Å². The lowest BCUT2D eigenvalue weighted by molar-refractivity contribution is -0.183. The quantitative estimate of drug-likeness (QED) is 0.327. The normalized spacial score (nSPS) is 37.4. The molecule has 0 saturated heterocycles. The minimum Gasteiger partial charge on any atom is -0.390 e. The van der Waals surface area contributed by atoms with Gasteiger partial charge in [-0.15, -0.1) is 4.67 Å². The highest BCUT2D eigenvalue weighted by Gasteiger charge is 2.38. The highest BCUT2D eigenvalue weighted by Crippen LogP contribution is 2.45. The Bertz CT molecular complexity index is 323. The van der Waals surface area contributed by atoms with Crippen LogP contribution in [0.3, 0.4) is 0 Å². The number of aliphatic hydroxyl groups is 1. The maximum absolute atomic E-state index is 11.3. The third-order valence-corrected chi connectivity index (χ3v) is 3.63. The number of hydrogen-bond acceptors (Lipinski definition) is 5. The molecule has 8 heteroatoms. The summed E-state index contributed by atoms with van der Waals surface area (Å²) in [5.74, 6) is 0.344. The van der Waals surface area contributed by atoms with E-state index in [1.807, 2.05) is 0 Å². The van der Waals surface area contributed by atoms with E-state index in [1.165, 1.54) is 13.2 Å². The third kappa shape index (κ3) is 3.91. The van der Waals surface area contributed by atoms with E-state index in [4.69, 9.17) is 12.6 Å². The van der Waals surface area contributed by atoms with E-state index in [1.54, 1.807) is 0 Å². The highest BCUT2D eigenvalue weighted by molar-refractivity contribution is 7.56. The van der Waals surface area contributed by atoms with Crippen LogP contribution in [0.15, 0.2) is 11.9 Å². The molecule has 0 aromatic rings. The first-order chi connectivity index (χ1) is 7.91. The van der Waals surface area contributed by atoms with Crippen molar-refractivity contribution < 1.29 is 28.9 Å². The molecule has 17 heavy (non-hydrogen) atoms. The van der Waals surface area contributed by atoms with Gasteiger partial charge < -0.3 is 14.7 Å². The van der Waals surface area contributed by atoms with Gasteiger partial charge in [-0.1, -0.05) is 6.08 Å². The van der Waals surface area contributed by atoms with Gasteiger partial charge in [-0.2, -0.15) is 0 Å². The largest absolute Gasteiger partial charge is 0.390 e. The van der Waals surface area contributed by atoms with E-state index in [0.29, 0.717) is 6.42 Å². The maximum Gasteiger partial charge on any atom is 0.378 e. The van der Waals surface area contributed by atoms with Crippen LogP contribution in [0.1, 0.15) is 6.42 Å². The average Bonchev–Trinajstić information content (AvgIpc) is 2.51. The van der Waals surface area contributed by atoms with Gasteiger partial charge >= 0.3 is 7.60 Å². The Balaban J connectivity index is 2.64. The van der Waals surface area contributed by atoms with Crippen LogP contribution < -0.4 is 0 Å². The van der Waals surface area contributed by atoms with E-state index in [2.05, 4.69) is 9.56 Å².